The molecule has 0 radical (unpaired) electrons. The number of hydrogen-bond donors (Lipinski definition) is 0. The first-order valence-corrected chi connectivity index (χ1v) is 9.75. The van der Waals surface area contributed by atoms with Gasteiger partial charge in [0.2, 0.25) is 0 Å². The minimum absolute atomic E-state index is 0. The van der Waals surface area contributed by atoms with E-state index in [9.17, 15) is 9.59 Å². The van der Waals surface area contributed by atoms with Crippen LogP contribution in [0.3, 0.4) is 0 Å². The lowest BCUT2D eigenvalue weighted by Crippen LogP contribution is -2.37. The molecule has 31 heavy (non-hydrogen) atoms. The zero-order valence-corrected chi connectivity index (χ0v) is 18.5. The Morgan fingerprint density at radius 2 is 1.39 bits per heavy atom. The van der Waals surface area contributed by atoms with Crippen LogP contribution in [0.25, 0.3) is 0 Å². The fourth-order valence-electron chi connectivity index (χ4n) is 2.70. The second kappa shape index (κ2) is 13.7. The average molecular weight is 498 g/mol. The SMILES string of the molecule is C.C.COC(=O)c1cc(C)nc(Br)c1.COC(=O)c1cc(C)nc(N2CCOCC2)c1. The molecule has 0 spiro atoms. The van der Waals surface area contributed by atoms with E-state index < -0.39 is 0 Å². The zero-order chi connectivity index (χ0) is 21.4. The average Bonchev–Trinajstić information content (AvgIpc) is 2.72. The van der Waals surface area contributed by atoms with Gasteiger partial charge in [-0.05, 0) is 54.0 Å². The maximum Gasteiger partial charge on any atom is 0.338 e. The summed E-state index contributed by atoms with van der Waals surface area (Å²) < 4.78 is 15.2. The van der Waals surface area contributed by atoms with E-state index in [0.717, 1.165) is 30.3 Å². The molecule has 2 aromatic heterocycles. The highest BCUT2D eigenvalue weighted by Crippen LogP contribution is 2.17. The molecule has 0 N–H and O–H groups in total. The summed E-state index contributed by atoms with van der Waals surface area (Å²) in [6.45, 7) is 6.69. The Kier molecular flexibility index (Phi) is 12.6. The molecule has 3 rings (SSSR count). The molecule has 0 bridgehead atoms. The standard InChI is InChI=1S/C12H16N2O3.C8H8BrNO2.2CH4/c1-9-7-10(12(15)16-2)8-11(13-9)14-3-5-17-6-4-14;1-5-3-6(8(11)12-2)4-7(9)10-5;;/h7-8H,3-6H2,1-2H3;3-4H,1-2H3;2*1H4. The highest BCUT2D eigenvalue weighted by molar-refractivity contribution is 9.10. The number of morpholine rings is 1. The molecular formula is C22H32BrN3O5. The third-order valence-corrected chi connectivity index (χ3v) is 4.45. The van der Waals surface area contributed by atoms with E-state index in [-0.39, 0.29) is 26.8 Å². The number of pyridine rings is 2. The van der Waals surface area contributed by atoms with Crippen LogP contribution in [0.1, 0.15) is 47.0 Å². The summed E-state index contributed by atoms with van der Waals surface area (Å²) in [6.07, 6.45) is 0. The summed E-state index contributed by atoms with van der Waals surface area (Å²) in [5.41, 5.74) is 2.65. The molecule has 1 aliphatic rings. The Balaban J connectivity index is 0.000000575. The van der Waals surface area contributed by atoms with Crippen molar-refractivity contribution in [3.05, 3.63) is 51.4 Å². The van der Waals surface area contributed by atoms with Crippen LogP contribution in [0.2, 0.25) is 0 Å². The number of carbonyl (C=O) groups is 2. The third-order valence-electron chi connectivity index (χ3n) is 4.04. The lowest BCUT2D eigenvalue weighted by Gasteiger charge is -2.28. The number of anilines is 1. The highest BCUT2D eigenvalue weighted by atomic mass is 79.9. The maximum absolute atomic E-state index is 11.5. The van der Waals surface area contributed by atoms with E-state index in [2.05, 4.69) is 35.5 Å². The summed E-state index contributed by atoms with van der Waals surface area (Å²) in [6, 6.07) is 6.80. The van der Waals surface area contributed by atoms with E-state index in [1.54, 1.807) is 24.3 Å². The molecule has 8 nitrogen and oxygen atoms in total. The quantitative estimate of drug-likeness (QED) is 0.459. The van der Waals surface area contributed by atoms with E-state index in [1.165, 1.54) is 14.2 Å². The topological polar surface area (TPSA) is 90.9 Å². The Hall–Kier alpha value is -2.52. The van der Waals surface area contributed by atoms with Crippen molar-refractivity contribution in [3.63, 3.8) is 0 Å². The second-order valence-corrected chi connectivity index (χ2v) is 7.07. The smallest absolute Gasteiger partial charge is 0.338 e. The number of hydrogen-bond acceptors (Lipinski definition) is 8. The van der Waals surface area contributed by atoms with Crippen molar-refractivity contribution in [2.45, 2.75) is 28.7 Å². The van der Waals surface area contributed by atoms with E-state index >= 15 is 0 Å². The normalized spacial score (nSPS) is 12.4. The largest absolute Gasteiger partial charge is 0.465 e. The molecule has 0 aliphatic carbocycles. The molecule has 3 heterocycles. The minimum Gasteiger partial charge on any atom is -0.465 e. The first-order valence-electron chi connectivity index (χ1n) is 8.96. The van der Waals surface area contributed by atoms with Gasteiger partial charge in [0.1, 0.15) is 10.4 Å². The number of ether oxygens (including phenoxy) is 3. The first kappa shape index (κ1) is 28.5. The van der Waals surface area contributed by atoms with E-state index in [0.29, 0.717) is 28.9 Å². The number of nitrogens with zero attached hydrogens (tertiary/aromatic N) is 3. The van der Waals surface area contributed by atoms with Crippen LogP contribution < -0.4 is 4.90 Å². The van der Waals surface area contributed by atoms with Crippen molar-refractivity contribution < 1.29 is 23.8 Å². The van der Waals surface area contributed by atoms with Crippen molar-refractivity contribution in [3.8, 4) is 0 Å². The molecule has 1 fully saturated rings. The molecule has 0 saturated carbocycles. The minimum atomic E-state index is -0.346. The van der Waals surface area contributed by atoms with Crippen LogP contribution in [0, 0.1) is 13.8 Å². The molecule has 1 saturated heterocycles. The van der Waals surface area contributed by atoms with Gasteiger partial charge in [0.25, 0.3) is 0 Å². The molecular weight excluding hydrogens is 466 g/mol. The summed E-state index contributed by atoms with van der Waals surface area (Å²) >= 11 is 3.19. The molecule has 172 valence electrons. The first-order chi connectivity index (χ1) is 13.8. The van der Waals surface area contributed by atoms with E-state index in [1.807, 2.05) is 13.8 Å². The maximum atomic E-state index is 11.5. The van der Waals surface area contributed by atoms with Gasteiger partial charge >= 0.3 is 11.9 Å². The fraction of sp³-hybridized carbons (Fsp3) is 0.455. The number of aryl methyl sites for hydroxylation is 2. The van der Waals surface area contributed by atoms with Crippen LogP contribution in [-0.2, 0) is 14.2 Å². The van der Waals surface area contributed by atoms with Gasteiger partial charge in [-0.3, -0.25) is 0 Å². The van der Waals surface area contributed by atoms with Gasteiger partial charge in [-0.1, -0.05) is 14.9 Å². The van der Waals surface area contributed by atoms with Crippen LogP contribution in [0.15, 0.2) is 28.9 Å². The third kappa shape index (κ3) is 8.63. The van der Waals surface area contributed by atoms with Gasteiger partial charge in [-0.25, -0.2) is 19.6 Å². The monoisotopic (exact) mass is 497 g/mol. The van der Waals surface area contributed by atoms with Crippen LogP contribution >= 0.6 is 15.9 Å². The Morgan fingerprint density at radius 1 is 0.903 bits per heavy atom. The van der Waals surface area contributed by atoms with Gasteiger partial charge in [0.05, 0.1) is 38.6 Å². The molecule has 1 aliphatic heterocycles. The van der Waals surface area contributed by atoms with Crippen LogP contribution in [0.4, 0.5) is 5.82 Å². The molecule has 0 aromatic carbocycles. The zero-order valence-electron chi connectivity index (χ0n) is 16.9. The Bertz CT molecular complexity index is 850. The molecule has 0 atom stereocenters. The van der Waals surface area contributed by atoms with Gasteiger partial charge < -0.3 is 19.1 Å². The van der Waals surface area contributed by atoms with Crippen molar-refractivity contribution in [2.24, 2.45) is 0 Å². The predicted molar refractivity (Wildman–Crippen MR) is 125 cm³/mol. The van der Waals surface area contributed by atoms with Crippen molar-refractivity contribution in [1.82, 2.24) is 9.97 Å². The summed E-state index contributed by atoms with van der Waals surface area (Å²) in [5, 5.41) is 0. The number of methoxy groups -OCH3 is 2. The molecule has 0 unspecified atom stereocenters. The lowest BCUT2D eigenvalue weighted by atomic mass is 10.2. The molecule has 9 heteroatoms. The Morgan fingerprint density at radius 3 is 1.87 bits per heavy atom. The summed E-state index contributed by atoms with van der Waals surface area (Å²) in [5.74, 6) is 0.139. The number of carbonyl (C=O) groups excluding carboxylic acids is 2. The van der Waals surface area contributed by atoms with Crippen molar-refractivity contribution in [2.75, 3.05) is 45.4 Å². The van der Waals surface area contributed by atoms with Crippen molar-refractivity contribution >= 4 is 33.7 Å². The van der Waals surface area contributed by atoms with E-state index in [4.69, 9.17) is 9.47 Å². The lowest BCUT2D eigenvalue weighted by molar-refractivity contribution is 0.0591. The predicted octanol–water partition coefficient (Wildman–Crippen LogP) is 4.22. The fourth-order valence-corrected chi connectivity index (χ4v) is 3.23. The Labute approximate surface area is 193 Å². The van der Waals surface area contributed by atoms with Gasteiger partial charge in [-0.15, -0.1) is 0 Å². The number of rotatable bonds is 3. The second-order valence-electron chi connectivity index (χ2n) is 6.26. The van der Waals surface area contributed by atoms with Crippen molar-refractivity contribution in [1.29, 1.82) is 0 Å². The molecule has 0 amide bonds. The molecule has 2 aromatic rings. The van der Waals surface area contributed by atoms with Gasteiger partial charge in [-0.2, -0.15) is 0 Å². The van der Waals surface area contributed by atoms with Crippen LogP contribution in [-0.4, -0.2) is 62.4 Å². The summed E-state index contributed by atoms with van der Waals surface area (Å²) in [4.78, 5) is 33.2. The highest BCUT2D eigenvalue weighted by Gasteiger charge is 2.15. The number of halogens is 1. The summed E-state index contributed by atoms with van der Waals surface area (Å²) in [7, 11) is 2.73. The number of esters is 2. The van der Waals surface area contributed by atoms with Gasteiger partial charge in [0.15, 0.2) is 0 Å². The van der Waals surface area contributed by atoms with Gasteiger partial charge in [0, 0.05) is 24.5 Å². The number of aromatic nitrogens is 2. The van der Waals surface area contributed by atoms with Crippen LogP contribution in [0.5, 0.6) is 0 Å².